The number of nitrogens with one attached hydrogen (secondary N) is 3. The SMILES string of the molecule is CN=C(NCc1ccc(C(=O)NCC(N)=O)cc1)NCc1cc(OC)c(OC)c(OC)c1. The Balaban J connectivity index is 1.93. The Kier molecular flexibility index (Phi) is 9.15. The summed E-state index contributed by atoms with van der Waals surface area (Å²) in [6.07, 6.45) is 0. The highest BCUT2D eigenvalue weighted by Gasteiger charge is 2.13. The van der Waals surface area contributed by atoms with Crippen LogP contribution in [0.4, 0.5) is 0 Å². The van der Waals surface area contributed by atoms with E-state index in [2.05, 4.69) is 20.9 Å². The van der Waals surface area contributed by atoms with Crippen LogP contribution in [0, 0.1) is 0 Å². The first-order chi connectivity index (χ1) is 15.4. The molecule has 0 unspecified atom stereocenters. The third kappa shape index (κ3) is 6.79. The fourth-order valence-electron chi connectivity index (χ4n) is 2.87. The van der Waals surface area contributed by atoms with E-state index in [4.69, 9.17) is 19.9 Å². The van der Waals surface area contributed by atoms with Crippen molar-refractivity contribution >= 4 is 17.8 Å². The summed E-state index contributed by atoms with van der Waals surface area (Å²) in [7, 11) is 6.38. The number of nitrogens with two attached hydrogens (primary N) is 1. The summed E-state index contributed by atoms with van der Waals surface area (Å²) in [5.74, 6) is 1.34. The predicted molar refractivity (Wildman–Crippen MR) is 121 cm³/mol. The molecule has 0 aliphatic rings. The lowest BCUT2D eigenvalue weighted by molar-refractivity contribution is -0.117. The van der Waals surface area contributed by atoms with E-state index < -0.39 is 5.91 Å². The lowest BCUT2D eigenvalue weighted by Gasteiger charge is -2.16. The molecular formula is C22H29N5O5. The molecule has 32 heavy (non-hydrogen) atoms. The zero-order valence-corrected chi connectivity index (χ0v) is 18.7. The summed E-state index contributed by atoms with van der Waals surface area (Å²) in [5.41, 5.74) is 7.35. The average Bonchev–Trinajstić information content (AvgIpc) is 2.82. The summed E-state index contributed by atoms with van der Waals surface area (Å²) in [6, 6.07) is 10.7. The van der Waals surface area contributed by atoms with E-state index in [1.54, 1.807) is 40.5 Å². The molecule has 172 valence electrons. The Morgan fingerprint density at radius 1 is 0.875 bits per heavy atom. The monoisotopic (exact) mass is 443 g/mol. The van der Waals surface area contributed by atoms with E-state index in [1.807, 2.05) is 24.3 Å². The molecule has 2 amide bonds. The highest BCUT2D eigenvalue weighted by Crippen LogP contribution is 2.38. The molecule has 0 atom stereocenters. The van der Waals surface area contributed by atoms with Crippen LogP contribution in [-0.2, 0) is 17.9 Å². The van der Waals surface area contributed by atoms with Gasteiger partial charge in [-0.3, -0.25) is 14.6 Å². The van der Waals surface area contributed by atoms with Crippen LogP contribution in [0.5, 0.6) is 17.2 Å². The topological polar surface area (TPSA) is 136 Å². The van der Waals surface area contributed by atoms with Crippen molar-refractivity contribution < 1.29 is 23.8 Å². The number of carbonyl (C=O) groups excluding carboxylic acids is 2. The van der Waals surface area contributed by atoms with Gasteiger partial charge < -0.3 is 35.9 Å². The molecule has 0 fully saturated rings. The van der Waals surface area contributed by atoms with Crippen molar-refractivity contribution in [2.45, 2.75) is 13.1 Å². The second-order valence-corrected chi connectivity index (χ2v) is 6.66. The van der Waals surface area contributed by atoms with E-state index in [9.17, 15) is 9.59 Å². The summed E-state index contributed by atoms with van der Waals surface area (Å²) in [5, 5.41) is 8.90. The van der Waals surface area contributed by atoms with Crippen molar-refractivity contribution in [3.8, 4) is 17.2 Å². The third-order valence-corrected chi connectivity index (χ3v) is 4.51. The van der Waals surface area contributed by atoms with Gasteiger partial charge in [0.25, 0.3) is 5.91 Å². The van der Waals surface area contributed by atoms with Crippen LogP contribution in [0.15, 0.2) is 41.4 Å². The van der Waals surface area contributed by atoms with Crippen molar-refractivity contribution in [3.63, 3.8) is 0 Å². The molecular weight excluding hydrogens is 414 g/mol. The summed E-state index contributed by atoms with van der Waals surface area (Å²) in [4.78, 5) is 26.9. The lowest BCUT2D eigenvalue weighted by Crippen LogP contribution is -2.36. The number of aliphatic imine (C=N–C) groups is 1. The number of ether oxygens (including phenoxy) is 3. The molecule has 2 aromatic carbocycles. The quantitative estimate of drug-likeness (QED) is 0.315. The summed E-state index contributed by atoms with van der Waals surface area (Å²) >= 11 is 0. The number of carbonyl (C=O) groups is 2. The zero-order chi connectivity index (χ0) is 23.5. The van der Waals surface area contributed by atoms with Gasteiger partial charge in [0.1, 0.15) is 0 Å². The maximum absolute atomic E-state index is 11.9. The number of primary amides is 1. The van der Waals surface area contributed by atoms with Crippen LogP contribution in [0.3, 0.4) is 0 Å². The fourth-order valence-corrected chi connectivity index (χ4v) is 2.87. The Labute approximate surface area is 187 Å². The number of hydrogen-bond donors (Lipinski definition) is 4. The highest BCUT2D eigenvalue weighted by atomic mass is 16.5. The number of benzene rings is 2. The van der Waals surface area contributed by atoms with Gasteiger partial charge in [0, 0.05) is 25.7 Å². The Bertz CT molecular complexity index is 935. The number of hydrogen-bond acceptors (Lipinski definition) is 6. The van der Waals surface area contributed by atoms with Gasteiger partial charge in [0.2, 0.25) is 11.7 Å². The van der Waals surface area contributed by atoms with Crippen LogP contribution >= 0.6 is 0 Å². The van der Waals surface area contributed by atoms with Gasteiger partial charge in [-0.1, -0.05) is 12.1 Å². The van der Waals surface area contributed by atoms with Crippen LogP contribution in [-0.4, -0.2) is 52.7 Å². The van der Waals surface area contributed by atoms with E-state index in [-0.39, 0.29) is 12.5 Å². The second kappa shape index (κ2) is 12.0. The molecule has 0 saturated carbocycles. The Morgan fingerprint density at radius 3 is 1.91 bits per heavy atom. The van der Waals surface area contributed by atoms with Gasteiger partial charge in [0.15, 0.2) is 17.5 Å². The van der Waals surface area contributed by atoms with Crippen molar-refractivity contribution in [2.24, 2.45) is 10.7 Å². The van der Waals surface area contributed by atoms with E-state index in [0.717, 1.165) is 11.1 Å². The standard InChI is InChI=1S/C22H29N5O5/c1-24-22(27-12-15-9-17(30-2)20(32-4)18(10-15)31-3)26-11-14-5-7-16(8-6-14)21(29)25-13-19(23)28/h5-10H,11-13H2,1-4H3,(H2,23,28)(H,25,29)(H2,24,26,27). The molecule has 10 heteroatoms. The van der Waals surface area contributed by atoms with Crippen molar-refractivity contribution in [1.82, 2.24) is 16.0 Å². The van der Waals surface area contributed by atoms with Gasteiger partial charge in [-0.2, -0.15) is 0 Å². The maximum Gasteiger partial charge on any atom is 0.251 e. The maximum atomic E-state index is 11.9. The van der Waals surface area contributed by atoms with Crippen LogP contribution in [0.1, 0.15) is 21.5 Å². The molecule has 0 heterocycles. The van der Waals surface area contributed by atoms with Gasteiger partial charge in [-0.15, -0.1) is 0 Å². The first-order valence-electron chi connectivity index (χ1n) is 9.80. The summed E-state index contributed by atoms with van der Waals surface area (Å²) < 4.78 is 16.1. The molecule has 0 spiro atoms. The van der Waals surface area contributed by atoms with E-state index in [0.29, 0.717) is 41.9 Å². The second-order valence-electron chi connectivity index (χ2n) is 6.66. The van der Waals surface area contributed by atoms with Gasteiger partial charge in [0.05, 0.1) is 27.9 Å². The Hall–Kier alpha value is -3.95. The van der Waals surface area contributed by atoms with Crippen molar-refractivity contribution in [1.29, 1.82) is 0 Å². The smallest absolute Gasteiger partial charge is 0.251 e. The first-order valence-corrected chi connectivity index (χ1v) is 9.80. The molecule has 0 saturated heterocycles. The highest BCUT2D eigenvalue weighted by molar-refractivity contribution is 5.96. The molecule has 2 rings (SSSR count). The molecule has 0 bridgehead atoms. The number of guanidine groups is 1. The number of amides is 2. The lowest BCUT2D eigenvalue weighted by atomic mass is 10.1. The molecule has 0 aliphatic heterocycles. The minimum Gasteiger partial charge on any atom is -0.493 e. The largest absolute Gasteiger partial charge is 0.493 e. The molecule has 5 N–H and O–H groups in total. The van der Waals surface area contributed by atoms with Gasteiger partial charge in [-0.25, -0.2) is 0 Å². The zero-order valence-electron chi connectivity index (χ0n) is 18.7. The predicted octanol–water partition coefficient (Wildman–Crippen LogP) is 0.793. The average molecular weight is 444 g/mol. The summed E-state index contributed by atoms with van der Waals surface area (Å²) in [6.45, 7) is 0.781. The van der Waals surface area contributed by atoms with Crippen molar-refractivity contribution in [2.75, 3.05) is 34.9 Å². The molecule has 0 aromatic heterocycles. The molecule has 10 nitrogen and oxygen atoms in total. The first kappa shape index (κ1) is 24.3. The number of rotatable bonds is 10. The molecule has 0 radical (unpaired) electrons. The van der Waals surface area contributed by atoms with Crippen LogP contribution < -0.4 is 35.9 Å². The van der Waals surface area contributed by atoms with Gasteiger partial charge >= 0.3 is 0 Å². The fraction of sp³-hybridized carbons (Fsp3) is 0.318. The van der Waals surface area contributed by atoms with E-state index in [1.165, 1.54) is 0 Å². The van der Waals surface area contributed by atoms with Crippen LogP contribution in [0.25, 0.3) is 0 Å². The third-order valence-electron chi connectivity index (χ3n) is 4.51. The minimum absolute atomic E-state index is 0.198. The number of methoxy groups -OCH3 is 3. The normalized spacial score (nSPS) is 10.8. The molecule has 0 aliphatic carbocycles. The Morgan fingerprint density at radius 2 is 1.44 bits per heavy atom. The molecule has 2 aromatic rings. The number of nitrogens with zero attached hydrogens (tertiary/aromatic N) is 1. The van der Waals surface area contributed by atoms with E-state index >= 15 is 0 Å². The minimum atomic E-state index is -0.593. The van der Waals surface area contributed by atoms with Crippen LogP contribution in [0.2, 0.25) is 0 Å². The van der Waals surface area contributed by atoms with Gasteiger partial charge in [-0.05, 0) is 35.4 Å². The van der Waals surface area contributed by atoms with Crippen molar-refractivity contribution in [3.05, 3.63) is 53.1 Å².